The van der Waals surface area contributed by atoms with Crippen LogP contribution in [0.2, 0.25) is 0 Å². The van der Waals surface area contributed by atoms with E-state index in [2.05, 4.69) is 5.32 Å². The fourth-order valence-electron chi connectivity index (χ4n) is 5.36. The Hall–Kier alpha value is -2.95. The van der Waals surface area contributed by atoms with Crippen LogP contribution in [0, 0.1) is 30.6 Å². The number of carbonyl (C=O) groups is 3. The summed E-state index contributed by atoms with van der Waals surface area (Å²) in [4.78, 5) is 40.0. The number of anilines is 2. The molecule has 1 heterocycles. The number of nitrogens with one attached hydrogen (secondary N) is 1. The molecule has 142 valence electrons. The summed E-state index contributed by atoms with van der Waals surface area (Å²) in [5.74, 6) is -0.0350. The lowest BCUT2D eigenvalue weighted by Crippen LogP contribution is -2.33. The van der Waals surface area contributed by atoms with Crippen LogP contribution in [0.4, 0.5) is 11.4 Å². The van der Waals surface area contributed by atoms with Gasteiger partial charge < -0.3 is 5.32 Å². The number of para-hydroxylation sites is 1. The summed E-state index contributed by atoms with van der Waals surface area (Å²) in [6, 6.07) is 14.4. The number of aryl methyl sites for hydroxylation is 1. The lowest BCUT2D eigenvalue weighted by molar-refractivity contribution is -0.123. The van der Waals surface area contributed by atoms with E-state index in [0.717, 1.165) is 30.5 Å². The number of nitrogens with zero attached hydrogens (tertiary/aromatic N) is 1. The van der Waals surface area contributed by atoms with Gasteiger partial charge in [-0.25, -0.2) is 0 Å². The second-order valence-corrected chi connectivity index (χ2v) is 8.22. The lowest BCUT2D eigenvalue weighted by atomic mass is 9.81. The van der Waals surface area contributed by atoms with E-state index in [0.29, 0.717) is 23.1 Å². The zero-order valence-electron chi connectivity index (χ0n) is 15.7. The summed E-state index contributed by atoms with van der Waals surface area (Å²) in [5.41, 5.74) is 2.65. The Balaban J connectivity index is 1.42. The van der Waals surface area contributed by atoms with Crippen LogP contribution in [0.5, 0.6) is 0 Å². The van der Waals surface area contributed by atoms with Crippen molar-refractivity contribution in [2.24, 2.45) is 23.7 Å². The molecule has 2 saturated carbocycles. The van der Waals surface area contributed by atoms with Gasteiger partial charge in [0.15, 0.2) is 0 Å². The van der Waals surface area contributed by atoms with Gasteiger partial charge in [0.1, 0.15) is 0 Å². The van der Waals surface area contributed by atoms with Gasteiger partial charge in [-0.3, -0.25) is 19.3 Å². The third-order valence-corrected chi connectivity index (χ3v) is 6.69. The first-order chi connectivity index (χ1) is 13.5. The summed E-state index contributed by atoms with van der Waals surface area (Å²) in [6.07, 6.45) is 3.12. The topological polar surface area (TPSA) is 66.5 Å². The first-order valence-corrected chi connectivity index (χ1v) is 9.89. The van der Waals surface area contributed by atoms with Crippen LogP contribution in [-0.4, -0.2) is 17.7 Å². The number of benzene rings is 2. The van der Waals surface area contributed by atoms with Crippen LogP contribution in [0.3, 0.4) is 0 Å². The number of amides is 3. The maximum atomic E-state index is 13.0. The van der Waals surface area contributed by atoms with Gasteiger partial charge in [0.25, 0.3) is 5.91 Å². The SMILES string of the molecule is Cc1ccccc1NC(=O)c1cccc(N2C(=O)[C@H]3[C@H]4CC[C@@H](C4)[C@@H]3C2=O)c1. The molecule has 1 aliphatic heterocycles. The number of carbonyl (C=O) groups excluding carboxylic acids is 3. The van der Waals surface area contributed by atoms with Gasteiger partial charge in [0.2, 0.25) is 11.8 Å². The predicted molar refractivity (Wildman–Crippen MR) is 106 cm³/mol. The zero-order valence-corrected chi connectivity index (χ0v) is 15.7. The van der Waals surface area contributed by atoms with Crippen LogP contribution in [0.1, 0.15) is 35.2 Å². The molecule has 0 radical (unpaired) electrons. The maximum Gasteiger partial charge on any atom is 0.255 e. The van der Waals surface area contributed by atoms with E-state index >= 15 is 0 Å². The van der Waals surface area contributed by atoms with E-state index in [1.165, 1.54) is 4.90 Å². The smallest absolute Gasteiger partial charge is 0.255 e. The summed E-state index contributed by atoms with van der Waals surface area (Å²) in [6.45, 7) is 1.93. The van der Waals surface area contributed by atoms with Gasteiger partial charge >= 0.3 is 0 Å². The second kappa shape index (κ2) is 6.30. The van der Waals surface area contributed by atoms with Crippen molar-refractivity contribution in [2.75, 3.05) is 10.2 Å². The van der Waals surface area contributed by atoms with Crippen LogP contribution < -0.4 is 10.2 Å². The molecule has 5 nitrogen and oxygen atoms in total. The molecule has 2 aromatic rings. The Kier molecular flexibility index (Phi) is 3.86. The van der Waals surface area contributed by atoms with E-state index in [1.54, 1.807) is 24.3 Å². The fraction of sp³-hybridized carbons (Fsp3) is 0.348. The van der Waals surface area contributed by atoms with Gasteiger partial charge in [-0.1, -0.05) is 24.3 Å². The van der Waals surface area contributed by atoms with Gasteiger partial charge in [-0.05, 0) is 67.9 Å². The minimum Gasteiger partial charge on any atom is -0.322 e. The first kappa shape index (κ1) is 17.2. The summed E-state index contributed by atoms with van der Waals surface area (Å²) < 4.78 is 0. The molecule has 1 N–H and O–H groups in total. The van der Waals surface area contributed by atoms with Crippen molar-refractivity contribution in [3.63, 3.8) is 0 Å². The van der Waals surface area contributed by atoms with Crippen LogP contribution in [-0.2, 0) is 9.59 Å². The highest BCUT2D eigenvalue weighted by molar-refractivity contribution is 6.23. The lowest BCUT2D eigenvalue weighted by Gasteiger charge is -2.19. The molecule has 3 aliphatic rings. The molecule has 5 rings (SSSR count). The molecule has 3 fully saturated rings. The molecule has 0 spiro atoms. The van der Waals surface area contributed by atoms with Gasteiger partial charge in [0.05, 0.1) is 17.5 Å². The standard InChI is InChI=1S/C23H22N2O3/c1-13-5-2-3-8-18(13)24-21(26)16-6-4-7-17(12-16)25-22(27)19-14-9-10-15(11-14)20(19)23(25)28/h2-8,12,14-15,19-20H,9-11H2,1H3,(H,24,26)/t14-,15-,19-,20-/m0/s1. The van der Waals surface area contributed by atoms with Crippen molar-refractivity contribution < 1.29 is 14.4 Å². The molecule has 0 aromatic heterocycles. The number of imide groups is 1. The highest BCUT2D eigenvalue weighted by Gasteiger charge is 2.61. The number of rotatable bonds is 3. The number of hydrogen-bond acceptors (Lipinski definition) is 3. The summed E-state index contributed by atoms with van der Waals surface area (Å²) in [7, 11) is 0. The van der Waals surface area contributed by atoms with Gasteiger partial charge in [-0.2, -0.15) is 0 Å². The molecule has 5 heteroatoms. The van der Waals surface area contributed by atoms with Crippen LogP contribution in [0.15, 0.2) is 48.5 Å². The molecular formula is C23H22N2O3. The monoisotopic (exact) mass is 374 g/mol. The van der Waals surface area contributed by atoms with Crippen molar-refractivity contribution in [3.05, 3.63) is 59.7 Å². The highest BCUT2D eigenvalue weighted by Crippen LogP contribution is 2.56. The molecular weight excluding hydrogens is 352 g/mol. The fourth-order valence-corrected chi connectivity index (χ4v) is 5.36. The number of fused-ring (bicyclic) bond motifs is 5. The van der Waals surface area contributed by atoms with Gasteiger partial charge in [0, 0.05) is 11.3 Å². The Morgan fingerprint density at radius 1 is 0.964 bits per heavy atom. The van der Waals surface area contributed by atoms with Crippen LogP contribution >= 0.6 is 0 Å². The zero-order chi connectivity index (χ0) is 19.4. The summed E-state index contributed by atoms with van der Waals surface area (Å²) >= 11 is 0. The van der Waals surface area contributed by atoms with Crippen molar-refractivity contribution in [1.29, 1.82) is 0 Å². The van der Waals surface area contributed by atoms with Crippen molar-refractivity contribution in [3.8, 4) is 0 Å². The van der Waals surface area contributed by atoms with E-state index in [1.807, 2.05) is 31.2 Å². The number of hydrogen-bond donors (Lipinski definition) is 1. The largest absolute Gasteiger partial charge is 0.322 e. The van der Waals surface area contributed by atoms with Crippen molar-refractivity contribution >= 4 is 29.1 Å². The van der Waals surface area contributed by atoms with Crippen LogP contribution in [0.25, 0.3) is 0 Å². The molecule has 4 atom stereocenters. The first-order valence-electron chi connectivity index (χ1n) is 9.89. The molecule has 2 bridgehead atoms. The van der Waals surface area contributed by atoms with E-state index in [9.17, 15) is 14.4 Å². The quantitative estimate of drug-likeness (QED) is 0.832. The molecule has 3 amide bonds. The highest BCUT2D eigenvalue weighted by atomic mass is 16.2. The van der Waals surface area contributed by atoms with E-state index < -0.39 is 0 Å². The summed E-state index contributed by atoms with van der Waals surface area (Å²) in [5, 5.41) is 2.90. The normalized spacial score (nSPS) is 28.0. The molecule has 28 heavy (non-hydrogen) atoms. The Morgan fingerprint density at radius 3 is 2.32 bits per heavy atom. The molecule has 2 aliphatic carbocycles. The average Bonchev–Trinajstić information content (AvgIpc) is 3.37. The molecule has 0 unspecified atom stereocenters. The second-order valence-electron chi connectivity index (χ2n) is 8.22. The predicted octanol–water partition coefficient (Wildman–Crippen LogP) is 3.78. The van der Waals surface area contributed by atoms with E-state index in [-0.39, 0.29) is 29.6 Å². The Labute approximate surface area is 163 Å². The molecule has 1 saturated heterocycles. The van der Waals surface area contributed by atoms with Gasteiger partial charge in [-0.15, -0.1) is 0 Å². The maximum absolute atomic E-state index is 13.0. The Morgan fingerprint density at radius 2 is 1.64 bits per heavy atom. The van der Waals surface area contributed by atoms with Crippen molar-refractivity contribution in [2.45, 2.75) is 26.2 Å². The Bertz CT molecular complexity index is 971. The average molecular weight is 374 g/mol. The third kappa shape index (κ3) is 2.49. The molecule has 2 aromatic carbocycles. The van der Waals surface area contributed by atoms with E-state index in [4.69, 9.17) is 0 Å². The minimum absolute atomic E-state index is 0.0846. The third-order valence-electron chi connectivity index (χ3n) is 6.69. The van der Waals surface area contributed by atoms with Crippen molar-refractivity contribution in [1.82, 2.24) is 0 Å². The minimum atomic E-state index is -0.254.